The monoisotopic (exact) mass is 473 g/mol. The minimum atomic E-state index is -1.05. The molecule has 9 nitrogen and oxygen atoms in total. The Morgan fingerprint density at radius 1 is 1.15 bits per heavy atom. The standard InChI is InChI=1S/C23H29F2N7O2/c1-13-9-26-10-14(2)32(13)22(34)30-4-5-31-19-8-18(16-6-15(24)7-17(25)20(16)33)28-29-21(19)27-11-23(31,3)12-30/h6-8,13-14,26,33H,4-5,9-12H2,1-3H3,(H,27,29)/t13-,14+,23?. The second kappa shape index (κ2) is 8.23. The van der Waals surface area contributed by atoms with Gasteiger partial charge in [0, 0.05) is 63.0 Å². The summed E-state index contributed by atoms with van der Waals surface area (Å²) < 4.78 is 27.7. The van der Waals surface area contributed by atoms with Crippen molar-refractivity contribution in [3.05, 3.63) is 29.8 Å². The summed E-state index contributed by atoms with van der Waals surface area (Å²) >= 11 is 0. The van der Waals surface area contributed by atoms with Gasteiger partial charge in [-0.05, 0) is 32.9 Å². The van der Waals surface area contributed by atoms with Gasteiger partial charge in [0.25, 0.3) is 0 Å². The van der Waals surface area contributed by atoms with Crippen molar-refractivity contribution < 1.29 is 18.7 Å². The molecule has 3 N–H and O–H groups in total. The third-order valence-corrected chi connectivity index (χ3v) is 7.10. The number of aromatic hydroxyl groups is 1. The van der Waals surface area contributed by atoms with Gasteiger partial charge in [-0.3, -0.25) is 0 Å². The first-order valence-electron chi connectivity index (χ1n) is 11.5. The van der Waals surface area contributed by atoms with E-state index in [1.54, 1.807) is 6.07 Å². The number of nitrogens with zero attached hydrogens (tertiary/aromatic N) is 5. The maximum Gasteiger partial charge on any atom is 0.320 e. The van der Waals surface area contributed by atoms with Gasteiger partial charge in [-0.1, -0.05) is 0 Å². The van der Waals surface area contributed by atoms with E-state index in [-0.39, 0.29) is 29.4 Å². The highest BCUT2D eigenvalue weighted by Gasteiger charge is 2.45. The number of hydrogen-bond acceptors (Lipinski definition) is 7. The molecular formula is C23H29F2N7O2. The Kier molecular flexibility index (Phi) is 5.46. The lowest BCUT2D eigenvalue weighted by Crippen LogP contribution is -2.69. The number of hydrogen-bond donors (Lipinski definition) is 3. The number of amides is 2. The Bertz CT molecular complexity index is 1120. The molecule has 2 amide bonds. The molecule has 5 rings (SSSR count). The summed E-state index contributed by atoms with van der Waals surface area (Å²) in [6.07, 6.45) is 0. The number of halogens is 2. The van der Waals surface area contributed by atoms with E-state index in [0.717, 1.165) is 24.8 Å². The Balaban J connectivity index is 1.43. The van der Waals surface area contributed by atoms with Crippen LogP contribution < -0.4 is 15.5 Å². The summed E-state index contributed by atoms with van der Waals surface area (Å²) in [6, 6.07) is 3.62. The molecular weight excluding hydrogens is 444 g/mol. The zero-order chi connectivity index (χ0) is 24.2. The SMILES string of the molecule is C[C@@H]1CNC[C@H](C)N1C(=O)N1CCN2c3cc(-c4cc(F)cc(F)c4O)nnc3NCC2(C)C1. The van der Waals surface area contributed by atoms with Crippen molar-refractivity contribution in [3.8, 4) is 17.0 Å². The lowest BCUT2D eigenvalue weighted by atomic mass is 9.92. The van der Waals surface area contributed by atoms with Crippen molar-refractivity contribution in [2.45, 2.75) is 38.4 Å². The molecule has 2 saturated heterocycles. The van der Waals surface area contributed by atoms with Gasteiger partial charge >= 0.3 is 6.03 Å². The topological polar surface area (TPSA) is 96.9 Å². The van der Waals surface area contributed by atoms with Crippen molar-refractivity contribution in [1.29, 1.82) is 0 Å². The molecule has 182 valence electrons. The van der Waals surface area contributed by atoms with E-state index in [1.165, 1.54) is 0 Å². The number of carbonyl (C=O) groups excluding carboxylic acids is 1. The van der Waals surface area contributed by atoms with Gasteiger partial charge in [-0.2, -0.15) is 0 Å². The molecule has 1 unspecified atom stereocenters. The molecule has 0 bridgehead atoms. The predicted molar refractivity (Wildman–Crippen MR) is 124 cm³/mol. The number of phenolic OH excluding ortho intramolecular Hbond substituents is 1. The number of carbonyl (C=O) groups is 1. The average Bonchev–Trinajstić information content (AvgIpc) is 2.80. The van der Waals surface area contributed by atoms with Gasteiger partial charge < -0.3 is 30.4 Å². The quantitative estimate of drug-likeness (QED) is 0.585. The van der Waals surface area contributed by atoms with E-state index in [0.29, 0.717) is 38.1 Å². The summed E-state index contributed by atoms with van der Waals surface area (Å²) in [5, 5.41) is 25.1. The van der Waals surface area contributed by atoms with E-state index in [9.17, 15) is 18.7 Å². The zero-order valence-corrected chi connectivity index (χ0v) is 19.5. The van der Waals surface area contributed by atoms with Gasteiger partial charge in [0.15, 0.2) is 17.4 Å². The van der Waals surface area contributed by atoms with Crippen LogP contribution in [0.15, 0.2) is 18.2 Å². The second-order valence-electron chi connectivity index (χ2n) is 9.72. The fourth-order valence-corrected chi connectivity index (χ4v) is 5.35. The van der Waals surface area contributed by atoms with Gasteiger partial charge in [-0.25, -0.2) is 13.6 Å². The molecule has 0 saturated carbocycles. The lowest BCUT2D eigenvalue weighted by Gasteiger charge is -2.54. The van der Waals surface area contributed by atoms with Gasteiger partial charge in [0.2, 0.25) is 0 Å². The number of anilines is 2. The maximum absolute atomic E-state index is 13.9. The Hall–Kier alpha value is -3.21. The Labute approximate surface area is 196 Å². The minimum Gasteiger partial charge on any atom is -0.504 e. The number of fused-ring (bicyclic) bond motifs is 3. The normalized spacial score (nSPS) is 26.6. The van der Waals surface area contributed by atoms with E-state index in [1.807, 2.05) is 9.80 Å². The van der Waals surface area contributed by atoms with Crippen molar-refractivity contribution in [1.82, 2.24) is 25.3 Å². The van der Waals surface area contributed by atoms with Crippen LogP contribution in [0.25, 0.3) is 11.3 Å². The van der Waals surface area contributed by atoms with Crippen LogP contribution in [-0.4, -0.2) is 88.0 Å². The molecule has 4 heterocycles. The van der Waals surface area contributed by atoms with E-state index in [4.69, 9.17) is 0 Å². The predicted octanol–water partition coefficient (Wildman–Crippen LogP) is 2.24. The molecule has 1 aromatic heterocycles. The maximum atomic E-state index is 13.9. The highest BCUT2D eigenvalue weighted by molar-refractivity contribution is 5.79. The molecule has 34 heavy (non-hydrogen) atoms. The van der Waals surface area contributed by atoms with Crippen molar-refractivity contribution in [2.75, 3.05) is 49.5 Å². The molecule has 3 atom stereocenters. The summed E-state index contributed by atoms with van der Waals surface area (Å²) in [4.78, 5) is 19.5. The number of rotatable bonds is 1. The largest absolute Gasteiger partial charge is 0.504 e. The van der Waals surface area contributed by atoms with Crippen LogP contribution in [0, 0.1) is 11.6 Å². The van der Waals surface area contributed by atoms with E-state index < -0.39 is 22.9 Å². The average molecular weight is 474 g/mol. The summed E-state index contributed by atoms with van der Waals surface area (Å²) in [7, 11) is 0. The van der Waals surface area contributed by atoms with Crippen LogP contribution in [0.4, 0.5) is 25.1 Å². The molecule has 2 fully saturated rings. The summed E-state index contributed by atoms with van der Waals surface area (Å²) in [5.41, 5.74) is 0.411. The fraction of sp³-hybridized carbons (Fsp3) is 0.522. The molecule has 0 spiro atoms. The van der Waals surface area contributed by atoms with Crippen molar-refractivity contribution in [2.24, 2.45) is 0 Å². The van der Waals surface area contributed by atoms with Crippen molar-refractivity contribution in [3.63, 3.8) is 0 Å². The number of benzene rings is 1. The van der Waals surface area contributed by atoms with E-state index >= 15 is 0 Å². The number of piperazine rings is 2. The van der Waals surface area contributed by atoms with Crippen LogP contribution in [0.3, 0.4) is 0 Å². The molecule has 0 aliphatic carbocycles. The number of urea groups is 1. The number of aromatic nitrogens is 2. The molecule has 3 aliphatic heterocycles. The van der Waals surface area contributed by atoms with Crippen LogP contribution in [0.5, 0.6) is 5.75 Å². The second-order valence-corrected chi connectivity index (χ2v) is 9.72. The third kappa shape index (κ3) is 3.67. The van der Waals surface area contributed by atoms with Crippen molar-refractivity contribution >= 4 is 17.5 Å². The summed E-state index contributed by atoms with van der Waals surface area (Å²) in [5.74, 6) is -1.98. The Morgan fingerprint density at radius 3 is 2.62 bits per heavy atom. The van der Waals surface area contributed by atoms with Gasteiger partial charge in [-0.15, -0.1) is 10.2 Å². The smallest absolute Gasteiger partial charge is 0.320 e. The first kappa shape index (κ1) is 22.6. The number of nitrogens with one attached hydrogen (secondary N) is 2. The fourth-order valence-electron chi connectivity index (χ4n) is 5.35. The molecule has 0 radical (unpaired) electrons. The van der Waals surface area contributed by atoms with Crippen LogP contribution in [0.1, 0.15) is 20.8 Å². The van der Waals surface area contributed by atoms with Gasteiger partial charge in [0.05, 0.1) is 16.9 Å². The molecule has 1 aromatic carbocycles. The van der Waals surface area contributed by atoms with Gasteiger partial charge in [0.1, 0.15) is 5.82 Å². The van der Waals surface area contributed by atoms with Crippen LogP contribution in [-0.2, 0) is 0 Å². The molecule has 2 aromatic rings. The number of phenols is 1. The summed E-state index contributed by atoms with van der Waals surface area (Å²) in [6.45, 7) is 9.92. The highest BCUT2D eigenvalue weighted by atomic mass is 19.1. The molecule has 11 heteroatoms. The first-order valence-corrected chi connectivity index (χ1v) is 11.5. The first-order chi connectivity index (χ1) is 16.2. The Morgan fingerprint density at radius 2 is 1.88 bits per heavy atom. The van der Waals surface area contributed by atoms with E-state index in [2.05, 4.69) is 46.5 Å². The zero-order valence-electron chi connectivity index (χ0n) is 19.5. The highest BCUT2D eigenvalue weighted by Crippen LogP contribution is 2.40. The minimum absolute atomic E-state index is 0.0434. The molecule has 3 aliphatic rings. The van der Waals surface area contributed by atoms with Crippen LogP contribution >= 0.6 is 0 Å². The third-order valence-electron chi connectivity index (χ3n) is 7.10. The van der Waals surface area contributed by atoms with Crippen LogP contribution in [0.2, 0.25) is 0 Å². The lowest BCUT2D eigenvalue weighted by molar-refractivity contribution is 0.0863.